The third kappa shape index (κ3) is 3.17. The van der Waals surface area contributed by atoms with Gasteiger partial charge in [-0.15, -0.1) is 0 Å². The summed E-state index contributed by atoms with van der Waals surface area (Å²) < 4.78 is 26.0. The summed E-state index contributed by atoms with van der Waals surface area (Å²) in [5, 5.41) is 3.37. The number of anilines is 1. The molecule has 0 saturated heterocycles. The maximum Gasteiger partial charge on any atom is 0.146 e. The van der Waals surface area contributed by atoms with Gasteiger partial charge in [0.25, 0.3) is 0 Å². The van der Waals surface area contributed by atoms with Crippen LogP contribution in [-0.4, -0.2) is 0 Å². The van der Waals surface area contributed by atoms with Crippen molar-refractivity contribution in [2.24, 2.45) is 0 Å². The fraction of sp³-hybridized carbons (Fsp3) is 0.0769. The van der Waals surface area contributed by atoms with Gasteiger partial charge in [0, 0.05) is 11.6 Å². The molecule has 2 aromatic carbocycles. The Hall–Kier alpha value is -1.61. The molecule has 2 rings (SSSR count). The molecule has 1 N–H and O–H groups in total. The van der Waals surface area contributed by atoms with Crippen LogP contribution in [0.15, 0.2) is 42.5 Å². The summed E-state index contributed by atoms with van der Waals surface area (Å²) in [5.41, 5.74) is 1.20. The molecule has 0 aliphatic rings. The van der Waals surface area contributed by atoms with Crippen molar-refractivity contribution in [3.05, 3.63) is 64.7 Å². The fourth-order valence-corrected chi connectivity index (χ4v) is 1.60. The molecule has 0 aliphatic heterocycles. The smallest absolute Gasteiger partial charge is 0.146 e. The molecule has 0 saturated carbocycles. The van der Waals surface area contributed by atoms with Crippen molar-refractivity contribution in [1.29, 1.82) is 0 Å². The minimum Gasteiger partial charge on any atom is -0.379 e. The maximum atomic E-state index is 13.4. The van der Waals surface area contributed by atoms with Gasteiger partial charge in [-0.3, -0.25) is 0 Å². The molecule has 88 valence electrons. The number of hydrogen-bond donors (Lipinski definition) is 1. The van der Waals surface area contributed by atoms with Gasteiger partial charge >= 0.3 is 0 Å². The Morgan fingerprint density at radius 1 is 1.00 bits per heavy atom. The summed E-state index contributed by atoms with van der Waals surface area (Å²) in [4.78, 5) is 0. The van der Waals surface area contributed by atoms with Crippen LogP contribution in [0, 0.1) is 11.6 Å². The normalized spacial score (nSPS) is 10.3. The Morgan fingerprint density at radius 3 is 2.41 bits per heavy atom. The SMILES string of the molecule is Fc1ccc(CNc2cc(Cl)ccc2F)cc1. The zero-order valence-electron chi connectivity index (χ0n) is 8.88. The molecular formula is C13H10ClF2N. The molecule has 17 heavy (non-hydrogen) atoms. The lowest BCUT2D eigenvalue weighted by atomic mass is 10.2. The summed E-state index contributed by atoms with van der Waals surface area (Å²) in [5.74, 6) is -0.654. The number of hydrogen-bond acceptors (Lipinski definition) is 1. The van der Waals surface area contributed by atoms with E-state index >= 15 is 0 Å². The molecule has 0 radical (unpaired) electrons. The second-order valence-electron chi connectivity index (χ2n) is 3.60. The first kappa shape index (κ1) is 11.9. The van der Waals surface area contributed by atoms with Crippen molar-refractivity contribution in [2.45, 2.75) is 6.54 Å². The monoisotopic (exact) mass is 253 g/mol. The van der Waals surface area contributed by atoms with Crippen LogP contribution in [0.5, 0.6) is 0 Å². The molecule has 2 aromatic rings. The van der Waals surface area contributed by atoms with Crippen molar-refractivity contribution < 1.29 is 8.78 Å². The molecule has 0 fully saturated rings. The van der Waals surface area contributed by atoms with Gasteiger partial charge < -0.3 is 5.32 Å². The zero-order chi connectivity index (χ0) is 12.3. The van der Waals surface area contributed by atoms with Gasteiger partial charge in [0.05, 0.1) is 5.69 Å². The van der Waals surface area contributed by atoms with Gasteiger partial charge in [-0.2, -0.15) is 0 Å². The lowest BCUT2D eigenvalue weighted by Crippen LogP contribution is -2.01. The number of halogens is 3. The van der Waals surface area contributed by atoms with E-state index in [1.54, 1.807) is 12.1 Å². The Balaban J connectivity index is 2.07. The highest BCUT2D eigenvalue weighted by atomic mass is 35.5. The van der Waals surface area contributed by atoms with Gasteiger partial charge in [-0.25, -0.2) is 8.78 Å². The lowest BCUT2D eigenvalue weighted by molar-refractivity contribution is 0.626. The Morgan fingerprint density at radius 2 is 1.71 bits per heavy atom. The molecule has 1 nitrogen and oxygen atoms in total. The fourth-order valence-electron chi connectivity index (χ4n) is 1.43. The van der Waals surface area contributed by atoms with E-state index in [9.17, 15) is 8.78 Å². The van der Waals surface area contributed by atoms with E-state index in [1.807, 2.05) is 0 Å². The number of nitrogens with one attached hydrogen (secondary N) is 1. The highest BCUT2D eigenvalue weighted by Gasteiger charge is 2.02. The van der Waals surface area contributed by atoms with Gasteiger partial charge in [-0.05, 0) is 35.9 Å². The van der Waals surface area contributed by atoms with Crippen molar-refractivity contribution in [3.63, 3.8) is 0 Å². The van der Waals surface area contributed by atoms with E-state index in [1.165, 1.54) is 30.3 Å². The van der Waals surface area contributed by atoms with Crippen molar-refractivity contribution in [3.8, 4) is 0 Å². The predicted molar refractivity (Wildman–Crippen MR) is 65.1 cm³/mol. The standard InChI is InChI=1S/C13H10ClF2N/c14-10-3-6-12(16)13(7-10)17-8-9-1-4-11(15)5-2-9/h1-7,17H,8H2. The van der Waals surface area contributed by atoms with E-state index in [2.05, 4.69) is 5.32 Å². The summed E-state index contributed by atoms with van der Waals surface area (Å²) in [6, 6.07) is 10.3. The van der Waals surface area contributed by atoms with E-state index < -0.39 is 0 Å². The van der Waals surface area contributed by atoms with Crippen LogP contribution in [0.2, 0.25) is 5.02 Å². The van der Waals surface area contributed by atoms with E-state index in [0.29, 0.717) is 17.3 Å². The summed E-state index contributed by atoms with van der Waals surface area (Å²) in [6.07, 6.45) is 0. The van der Waals surface area contributed by atoms with Crippen molar-refractivity contribution in [1.82, 2.24) is 0 Å². The van der Waals surface area contributed by atoms with Crippen LogP contribution in [0.4, 0.5) is 14.5 Å². The van der Waals surface area contributed by atoms with Gasteiger partial charge in [-0.1, -0.05) is 23.7 Å². The zero-order valence-corrected chi connectivity index (χ0v) is 9.64. The first-order chi connectivity index (χ1) is 8.15. The highest BCUT2D eigenvalue weighted by Crippen LogP contribution is 2.20. The number of rotatable bonds is 3. The second-order valence-corrected chi connectivity index (χ2v) is 4.04. The molecule has 0 unspecified atom stereocenters. The topological polar surface area (TPSA) is 12.0 Å². The molecular weight excluding hydrogens is 244 g/mol. The number of benzene rings is 2. The Bertz CT molecular complexity index is 511. The van der Waals surface area contributed by atoms with E-state index in [-0.39, 0.29) is 11.6 Å². The first-order valence-corrected chi connectivity index (χ1v) is 5.46. The average Bonchev–Trinajstić information content (AvgIpc) is 2.32. The Kier molecular flexibility index (Phi) is 3.59. The molecule has 0 atom stereocenters. The highest BCUT2D eigenvalue weighted by molar-refractivity contribution is 6.30. The summed E-state index contributed by atoms with van der Waals surface area (Å²) >= 11 is 5.76. The molecule has 0 spiro atoms. The maximum absolute atomic E-state index is 13.4. The molecule has 0 aromatic heterocycles. The van der Waals surface area contributed by atoms with Gasteiger partial charge in [0.15, 0.2) is 0 Å². The van der Waals surface area contributed by atoms with Crippen LogP contribution < -0.4 is 5.32 Å². The third-order valence-corrected chi connectivity index (χ3v) is 2.56. The third-order valence-electron chi connectivity index (χ3n) is 2.32. The first-order valence-electron chi connectivity index (χ1n) is 5.08. The molecule has 4 heteroatoms. The van der Waals surface area contributed by atoms with Crippen LogP contribution in [0.1, 0.15) is 5.56 Å². The van der Waals surface area contributed by atoms with Crippen LogP contribution >= 0.6 is 11.6 Å². The van der Waals surface area contributed by atoms with E-state index in [4.69, 9.17) is 11.6 Å². The Labute approximate surface area is 103 Å². The lowest BCUT2D eigenvalue weighted by Gasteiger charge is -2.08. The molecule has 0 heterocycles. The second kappa shape index (κ2) is 5.15. The van der Waals surface area contributed by atoms with Crippen LogP contribution in [0.3, 0.4) is 0 Å². The van der Waals surface area contributed by atoms with Crippen molar-refractivity contribution >= 4 is 17.3 Å². The van der Waals surface area contributed by atoms with Gasteiger partial charge in [0.1, 0.15) is 11.6 Å². The summed E-state index contributed by atoms with van der Waals surface area (Å²) in [6.45, 7) is 0.414. The summed E-state index contributed by atoms with van der Waals surface area (Å²) in [7, 11) is 0. The van der Waals surface area contributed by atoms with Crippen LogP contribution in [-0.2, 0) is 6.54 Å². The minimum atomic E-state index is -0.364. The predicted octanol–water partition coefficient (Wildman–Crippen LogP) is 4.23. The largest absolute Gasteiger partial charge is 0.379 e. The molecule has 0 aliphatic carbocycles. The van der Waals surface area contributed by atoms with Crippen LogP contribution in [0.25, 0.3) is 0 Å². The van der Waals surface area contributed by atoms with Gasteiger partial charge in [0.2, 0.25) is 0 Å². The van der Waals surface area contributed by atoms with Crippen molar-refractivity contribution in [2.75, 3.05) is 5.32 Å². The molecule has 0 bridgehead atoms. The minimum absolute atomic E-state index is 0.289. The molecule has 0 amide bonds. The average molecular weight is 254 g/mol. The van der Waals surface area contributed by atoms with E-state index in [0.717, 1.165) is 5.56 Å². The quantitative estimate of drug-likeness (QED) is 0.863.